The number of hydrogen-bond acceptors (Lipinski definition) is 3. The van der Waals surface area contributed by atoms with E-state index in [0.29, 0.717) is 0 Å². The van der Waals surface area contributed by atoms with Gasteiger partial charge in [-0.2, -0.15) is 0 Å². The Morgan fingerprint density at radius 1 is 1.08 bits per heavy atom. The van der Waals surface area contributed by atoms with Crippen molar-refractivity contribution in [2.75, 3.05) is 11.9 Å². The molecule has 126 valence electrons. The van der Waals surface area contributed by atoms with Gasteiger partial charge in [0, 0.05) is 36.2 Å². The van der Waals surface area contributed by atoms with Gasteiger partial charge >= 0.3 is 0 Å². The van der Waals surface area contributed by atoms with Crippen LogP contribution in [0.2, 0.25) is 0 Å². The van der Waals surface area contributed by atoms with E-state index in [1.807, 2.05) is 42.9 Å². The number of nitrogens with zero attached hydrogens (tertiary/aromatic N) is 3. The second kappa shape index (κ2) is 7.15. The number of piperidine rings is 1. The quantitative estimate of drug-likeness (QED) is 0.688. The Morgan fingerprint density at radius 3 is 2.88 bits per heavy atom. The zero-order valence-corrected chi connectivity index (χ0v) is 14.7. The molecule has 0 spiro atoms. The summed E-state index contributed by atoms with van der Waals surface area (Å²) in [5.74, 6) is 0. The van der Waals surface area contributed by atoms with Crippen LogP contribution in [0.15, 0.2) is 61.1 Å². The molecule has 1 fully saturated rings. The van der Waals surface area contributed by atoms with Gasteiger partial charge in [0.15, 0.2) is 5.11 Å². The minimum absolute atomic E-state index is 0.288. The first-order valence-electron chi connectivity index (χ1n) is 8.64. The molecule has 0 bridgehead atoms. The van der Waals surface area contributed by atoms with Gasteiger partial charge in [0.05, 0.1) is 11.6 Å². The van der Waals surface area contributed by atoms with E-state index in [4.69, 9.17) is 12.2 Å². The topological polar surface area (TPSA) is 41.1 Å². The maximum atomic E-state index is 5.77. The van der Waals surface area contributed by atoms with Crippen LogP contribution in [0.4, 0.5) is 5.69 Å². The van der Waals surface area contributed by atoms with Crippen LogP contribution in [0.1, 0.15) is 30.9 Å². The molecule has 1 aliphatic rings. The fraction of sp³-hybridized carbons (Fsp3) is 0.250. The lowest BCUT2D eigenvalue weighted by Crippen LogP contribution is -2.41. The maximum absolute atomic E-state index is 5.77. The molecule has 1 aromatic carbocycles. The first-order valence-corrected chi connectivity index (χ1v) is 9.05. The molecule has 1 N–H and O–H groups in total. The standard InChI is InChI=1S/C20H20N4S/c25-20(23-18-9-3-8-17-16(18)7-5-12-22-17)24-13-2-1-10-19(24)15-6-4-11-21-14-15/h3-9,11-12,14,19H,1-2,10,13H2,(H,23,25)/t19-/m0/s1. The van der Waals surface area contributed by atoms with Crippen molar-refractivity contribution in [3.8, 4) is 0 Å². The highest BCUT2D eigenvalue weighted by Crippen LogP contribution is 2.31. The Kier molecular flexibility index (Phi) is 4.57. The van der Waals surface area contributed by atoms with E-state index in [2.05, 4.69) is 38.4 Å². The van der Waals surface area contributed by atoms with E-state index >= 15 is 0 Å². The molecular weight excluding hydrogens is 328 g/mol. The maximum Gasteiger partial charge on any atom is 0.173 e. The lowest BCUT2D eigenvalue weighted by molar-refractivity contribution is 0.248. The summed E-state index contributed by atoms with van der Waals surface area (Å²) in [6.45, 7) is 0.967. The Labute approximate surface area is 152 Å². The van der Waals surface area contributed by atoms with E-state index in [-0.39, 0.29) is 6.04 Å². The SMILES string of the molecule is S=C(Nc1cccc2ncccc12)N1CCCC[C@H]1c1cccnc1. The Morgan fingerprint density at radius 2 is 2.00 bits per heavy atom. The number of thiocarbonyl (C=S) groups is 1. The Bertz CT molecular complexity index is 876. The van der Waals surface area contributed by atoms with Gasteiger partial charge < -0.3 is 10.2 Å². The number of fused-ring (bicyclic) bond motifs is 1. The monoisotopic (exact) mass is 348 g/mol. The molecule has 2 aromatic heterocycles. The normalized spacial score (nSPS) is 17.4. The van der Waals surface area contributed by atoms with Crippen LogP contribution in [-0.4, -0.2) is 26.5 Å². The molecule has 1 aliphatic heterocycles. The number of likely N-dealkylation sites (tertiary alicyclic amines) is 1. The molecule has 0 aliphatic carbocycles. The third-order valence-corrected chi connectivity index (χ3v) is 5.06. The highest BCUT2D eigenvalue weighted by atomic mass is 32.1. The van der Waals surface area contributed by atoms with Crippen LogP contribution in [0.5, 0.6) is 0 Å². The first-order chi connectivity index (χ1) is 12.3. The number of benzene rings is 1. The fourth-order valence-electron chi connectivity index (χ4n) is 3.49. The molecule has 0 amide bonds. The van der Waals surface area contributed by atoms with Gasteiger partial charge in [0.25, 0.3) is 0 Å². The van der Waals surface area contributed by atoms with Crippen LogP contribution in [0, 0.1) is 0 Å². The number of pyridine rings is 2. The summed E-state index contributed by atoms with van der Waals surface area (Å²) in [5.41, 5.74) is 3.20. The van der Waals surface area contributed by atoms with Crippen molar-refractivity contribution in [1.82, 2.24) is 14.9 Å². The highest BCUT2D eigenvalue weighted by Gasteiger charge is 2.26. The third kappa shape index (κ3) is 3.33. The molecule has 5 heteroatoms. The summed E-state index contributed by atoms with van der Waals surface area (Å²) in [5, 5.41) is 5.31. The molecule has 3 heterocycles. The van der Waals surface area contributed by atoms with Gasteiger partial charge in [-0.3, -0.25) is 9.97 Å². The molecule has 1 atom stereocenters. The average Bonchev–Trinajstić information content (AvgIpc) is 2.69. The van der Waals surface area contributed by atoms with E-state index in [1.165, 1.54) is 12.0 Å². The van der Waals surface area contributed by atoms with Gasteiger partial charge in [-0.05, 0) is 67.4 Å². The lowest BCUT2D eigenvalue weighted by Gasteiger charge is -2.38. The number of nitrogens with one attached hydrogen (secondary N) is 1. The van der Waals surface area contributed by atoms with Crippen molar-refractivity contribution < 1.29 is 0 Å². The van der Waals surface area contributed by atoms with E-state index < -0.39 is 0 Å². The summed E-state index contributed by atoms with van der Waals surface area (Å²) in [6, 6.07) is 14.5. The average molecular weight is 348 g/mol. The van der Waals surface area contributed by atoms with Crippen molar-refractivity contribution >= 4 is 33.9 Å². The minimum Gasteiger partial charge on any atom is -0.342 e. The molecule has 25 heavy (non-hydrogen) atoms. The van der Waals surface area contributed by atoms with E-state index in [0.717, 1.165) is 41.1 Å². The predicted octanol–water partition coefficient (Wildman–Crippen LogP) is 4.55. The largest absolute Gasteiger partial charge is 0.342 e. The zero-order valence-electron chi connectivity index (χ0n) is 13.9. The van der Waals surface area contributed by atoms with Gasteiger partial charge in [-0.25, -0.2) is 0 Å². The summed E-state index contributed by atoms with van der Waals surface area (Å²) < 4.78 is 0. The molecule has 4 nitrogen and oxygen atoms in total. The smallest absolute Gasteiger partial charge is 0.173 e. The second-order valence-electron chi connectivity index (χ2n) is 6.30. The van der Waals surface area contributed by atoms with E-state index in [1.54, 1.807) is 0 Å². The number of hydrogen-bond donors (Lipinski definition) is 1. The van der Waals surface area contributed by atoms with Crippen LogP contribution < -0.4 is 5.32 Å². The van der Waals surface area contributed by atoms with Gasteiger partial charge in [0.1, 0.15) is 0 Å². The molecule has 0 radical (unpaired) electrons. The third-order valence-electron chi connectivity index (χ3n) is 4.72. The van der Waals surface area contributed by atoms with Gasteiger partial charge in [-0.15, -0.1) is 0 Å². The number of anilines is 1. The summed E-state index contributed by atoms with van der Waals surface area (Å²) in [7, 11) is 0. The van der Waals surface area contributed by atoms with Crippen molar-refractivity contribution in [1.29, 1.82) is 0 Å². The summed E-state index contributed by atoms with van der Waals surface area (Å²) >= 11 is 5.77. The summed E-state index contributed by atoms with van der Waals surface area (Å²) in [4.78, 5) is 11.0. The van der Waals surface area contributed by atoms with Crippen LogP contribution in [0.3, 0.4) is 0 Å². The van der Waals surface area contributed by atoms with Crippen LogP contribution >= 0.6 is 12.2 Å². The molecule has 4 rings (SSSR count). The van der Waals surface area contributed by atoms with Gasteiger partial charge in [0.2, 0.25) is 0 Å². The molecule has 3 aromatic rings. The molecule has 1 saturated heterocycles. The highest BCUT2D eigenvalue weighted by molar-refractivity contribution is 7.80. The number of aromatic nitrogens is 2. The number of rotatable bonds is 2. The van der Waals surface area contributed by atoms with Crippen molar-refractivity contribution in [3.63, 3.8) is 0 Å². The van der Waals surface area contributed by atoms with Crippen molar-refractivity contribution in [2.24, 2.45) is 0 Å². The second-order valence-corrected chi connectivity index (χ2v) is 6.68. The van der Waals surface area contributed by atoms with Crippen LogP contribution in [0.25, 0.3) is 10.9 Å². The minimum atomic E-state index is 0.288. The van der Waals surface area contributed by atoms with E-state index in [9.17, 15) is 0 Å². The van der Waals surface area contributed by atoms with Crippen molar-refractivity contribution in [3.05, 3.63) is 66.6 Å². The summed E-state index contributed by atoms with van der Waals surface area (Å²) in [6.07, 6.45) is 9.06. The van der Waals surface area contributed by atoms with Crippen molar-refractivity contribution in [2.45, 2.75) is 25.3 Å². The molecule has 0 unspecified atom stereocenters. The first kappa shape index (κ1) is 16.0. The van der Waals surface area contributed by atoms with Crippen LogP contribution in [-0.2, 0) is 0 Å². The molecule has 0 saturated carbocycles. The fourth-order valence-corrected chi connectivity index (χ4v) is 3.82. The molecular formula is C20H20N4S. The Balaban J connectivity index is 1.60. The predicted molar refractivity (Wildman–Crippen MR) is 105 cm³/mol. The van der Waals surface area contributed by atoms with Gasteiger partial charge in [-0.1, -0.05) is 12.1 Å². The zero-order chi connectivity index (χ0) is 17.1. The Hall–Kier alpha value is -2.53. The lowest BCUT2D eigenvalue weighted by atomic mass is 9.97.